The van der Waals surface area contributed by atoms with Crippen LogP contribution in [0.4, 0.5) is 0 Å². The quantitative estimate of drug-likeness (QED) is 0.909. The van der Waals surface area contributed by atoms with Crippen molar-refractivity contribution in [1.29, 1.82) is 0 Å². The maximum absolute atomic E-state index is 11.4. The van der Waals surface area contributed by atoms with Crippen molar-refractivity contribution in [3.8, 4) is 0 Å². The lowest BCUT2D eigenvalue weighted by atomic mass is 9.71. The highest BCUT2D eigenvalue weighted by molar-refractivity contribution is 5.70. The van der Waals surface area contributed by atoms with E-state index in [9.17, 15) is 9.90 Å². The van der Waals surface area contributed by atoms with Crippen LogP contribution in [0.5, 0.6) is 0 Å². The number of rotatable bonds is 4. The molecule has 1 fully saturated rings. The normalized spacial score (nSPS) is 27.4. The first-order valence-corrected chi connectivity index (χ1v) is 7.23. The number of carboxylic acid groups (broad SMARTS) is 1. The third-order valence-electron chi connectivity index (χ3n) is 4.56. The number of carboxylic acids is 1. The van der Waals surface area contributed by atoms with Gasteiger partial charge < -0.3 is 5.11 Å². The fourth-order valence-electron chi connectivity index (χ4n) is 3.41. The lowest BCUT2D eigenvalue weighted by molar-refractivity contribution is -0.145. The summed E-state index contributed by atoms with van der Waals surface area (Å²) in [6.07, 6.45) is 4.93. The predicted octanol–water partition coefficient (Wildman–Crippen LogP) is 2.80. The third-order valence-corrected chi connectivity index (χ3v) is 4.56. The zero-order valence-corrected chi connectivity index (χ0v) is 12.1. The van der Waals surface area contributed by atoms with Gasteiger partial charge in [0.2, 0.25) is 0 Å². The molecule has 1 aliphatic rings. The van der Waals surface area contributed by atoms with Gasteiger partial charge in [0.25, 0.3) is 0 Å². The van der Waals surface area contributed by atoms with Gasteiger partial charge in [0, 0.05) is 12.7 Å². The second-order valence-electron chi connectivity index (χ2n) is 5.90. The molecule has 106 valence electrons. The molecule has 0 saturated heterocycles. The van der Waals surface area contributed by atoms with E-state index < -0.39 is 5.97 Å². The molecule has 3 atom stereocenters. The molecule has 1 heterocycles. The summed E-state index contributed by atoms with van der Waals surface area (Å²) in [6, 6.07) is 2.08. The number of aliphatic carboxylic acids is 1. The Morgan fingerprint density at radius 2 is 2.26 bits per heavy atom. The minimum absolute atomic E-state index is 0.182. The smallest absolute Gasteiger partial charge is 0.306 e. The molecule has 3 unspecified atom stereocenters. The first kappa shape index (κ1) is 14.1. The zero-order valence-electron chi connectivity index (χ0n) is 12.1. The summed E-state index contributed by atoms with van der Waals surface area (Å²) in [5.41, 5.74) is 2.16. The van der Waals surface area contributed by atoms with Crippen molar-refractivity contribution < 1.29 is 9.90 Å². The van der Waals surface area contributed by atoms with Crippen molar-refractivity contribution in [3.63, 3.8) is 0 Å². The van der Waals surface area contributed by atoms with Gasteiger partial charge in [-0.05, 0) is 50.5 Å². The van der Waals surface area contributed by atoms with Crippen LogP contribution in [0.3, 0.4) is 0 Å². The Hall–Kier alpha value is -1.32. The zero-order chi connectivity index (χ0) is 14.0. The summed E-state index contributed by atoms with van der Waals surface area (Å²) in [5.74, 6) is 0.136. The molecule has 1 aromatic heterocycles. The minimum atomic E-state index is -0.626. The molecule has 0 radical (unpaired) electrons. The third kappa shape index (κ3) is 3.17. The second-order valence-corrected chi connectivity index (χ2v) is 5.90. The van der Waals surface area contributed by atoms with Crippen LogP contribution in [0.25, 0.3) is 0 Å². The number of aryl methyl sites for hydroxylation is 2. The Morgan fingerprint density at radius 1 is 1.53 bits per heavy atom. The van der Waals surface area contributed by atoms with E-state index in [0.717, 1.165) is 43.5 Å². The minimum Gasteiger partial charge on any atom is -0.481 e. The van der Waals surface area contributed by atoms with Crippen molar-refractivity contribution in [3.05, 3.63) is 17.5 Å². The fourth-order valence-corrected chi connectivity index (χ4v) is 3.41. The monoisotopic (exact) mass is 264 g/mol. The van der Waals surface area contributed by atoms with E-state index in [1.807, 2.05) is 18.7 Å². The van der Waals surface area contributed by atoms with E-state index in [-0.39, 0.29) is 11.8 Å². The Labute approximate surface area is 114 Å². The molecule has 4 nitrogen and oxygen atoms in total. The highest BCUT2D eigenvalue weighted by Crippen LogP contribution is 2.37. The van der Waals surface area contributed by atoms with Crippen molar-refractivity contribution in [2.75, 3.05) is 0 Å². The predicted molar refractivity (Wildman–Crippen MR) is 73.9 cm³/mol. The lowest BCUT2D eigenvalue weighted by Gasteiger charge is -2.33. The van der Waals surface area contributed by atoms with Crippen LogP contribution in [0, 0.1) is 24.7 Å². The molecule has 1 N–H and O–H groups in total. The summed E-state index contributed by atoms with van der Waals surface area (Å²) in [4.78, 5) is 11.4. The van der Waals surface area contributed by atoms with Crippen LogP contribution < -0.4 is 0 Å². The van der Waals surface area contributed by atoms with E-state index in [0.29, 0.717) is 5.92 Å². The van der Waals surface area contributed by atoms with Gasteiger partial charge in [0.1, 0.15) is 0 Å². The van der Waals surface area contributed by atoms with Crippen LogP contribution >= 0.6 is 0 Å². The Balaban J connectivity index is 2.13. The van der Waals surface area contributed by atoms with Crippen LogP contribution in [0.15, 0.2) is 6.07 Å². The molecular weight excluding hydrogens is 240 g/mol. The molecule has 2 rings (SSSR count). The summed E-state index contributed by atoms with van der Waals surface area (Å²) < 4.78 is 1.89. The highest BCUT2D eigenvalue weighted by Gasteiger charge is 2.34. The molecule has 1 aromatic rings. The maximum atomic E-state index is 11.4. The van der Waals surface area contributed by atoms with Crippen LogP contribution in [0.1, 0.15) is 44.0 Å². The van der Waals surface area contributed by atoms with Gasteiger partial charge in [-0.25, -0.2) is 0 Å². The van der Waals surface area contributed by atoms with Gasteiger partial charge in [-0.15, -0.1) is 0 Å². The average Bonchev–Trinajstić information content (AvgIpc) is 2.67. The molecule has 19 heavy (non-hydrogen) atoms. The SMILES string of the molecule is CCC1CCC(C(=O)O)C(Cc2cc(C)nn2C)C1. The van der Waals surface area contributed by atoms with Crippen molar-refractivity contribution in [2.24, 2.45) is 24.8 Å². The summed E-state index contributed by atoms with van der Waals surface area (Å²) in [6.45, 7) is 4.19. The maximum Gasteiger partial charge on any atom is 0.306 e. The molecule has 0 bridgehead atoms. The van der Waals surface area contributed by atoms with E-state index in [2.05, 4.69) is 18.1 Å². The van der Waals surface area contributed by atoms with E-state index >= 15 is 0 Å². The van der Waals surface area contributed by atoms with Crippen molar-refractivity contribution in [2.45, 2.75) is 46.0 Å². The topological polar surface area (TPSA) is 55.1 Å². The Morgan fingerprint density at radius 3 is 2.79 bits per heavy atom. The fraction of sp³-hybridized carbons (Fsp3) is 0.733. The van der Waals surface area contributed by atoms with Gasteiger partial charge in [0.15, 0.2) is 0 Å². The van der Waals surface area contributed by atoms with Gasteiger partial charge >= 0.3 is 5.97 Å². The van der Waals surface area contributed by atoms with Crippen LogP contribution in [-0.4, -0.2) is 20.9 Å². The number of aromatic nitrogens is 2. The number of nitrogens with zero attached hydrogens (tertiary/aromatic N) is 2. The second kappa shape index (κ2) is 5.76. The van der Waals surface area contributed by atoms with Crippen LogP contribution in [0.2, 0.25) is 0 Å². The molecule has 1 saturated carbocycles. The molecule has 0 spiro atoms. The summed E-state index contributed by atoms with van der Waals surface area (Å²) in [7, 11) is 1.94. The van der Waals surface area contributed by atoms with Crippen molar-refractivity contribution in [1.82, 2.24) is 9.78 Å². The number of hydrogen-bond donors (Lipinski definition) is 1. The Bertz CT molecular complexity index is 453. The highest BCUT2D eigenvalue weighted by atomic mass is 16.4. The molecular formula is C15H24N2O2. The van der Waals surface area contributed by atoms with E-state index in [1.165, 1.54) is 0 Å². The number of hydrogen-bond acceptors (Lipinski definition) is 2. The van der Waals surface area contributed by atoms with Crippen molar-refractivity contribution >= 4 is 5.97 Å². The van der Waals surface area contributed by atoms with Gasteiger partial charge in [-0.3, -0.25) is 9.48 Å². The first-order valence-electron chi connectivity index (χ1n) is 7.23. The summed E-state index contributed by atoms with van der Waals surface area (Å²) in [5, 5.41) is 13.8. The van der Waals surface area contributed by atoms with E-state index in [4.69, 9.17) is 0 Å². The number of carbonyl (C=O) groups is 1. The molecule has 0 amide bonds. The van der Waals surface area contributed by atoms with E-state index in [1.54, 1.807) is 0 Å². The lowest BCUT2D eigenvalue weighted by Crippen LogP contribution is -2.32. The van der Waals surface area contributed by atoms with Gasteiger partial charge in [-0.2, -0.15) is 5.10 Å². The summed E-state index contributed by atoms with van der Waals surface area (Å²) >= 11 is 0. The van der Waals surface area contributed by atoms with Crippen LogP contribution in [-0.2, 0) is 18.3 Å². The molecule has 4 heteroatoms. The standard InChI is InChI=1S/C15H24N2O2/c1-4-11-5-6-14(15(18)19)12(8-11)9-13-7-10(2)16-17(13)3/h7,11-12,14H,4-6,8-9H2,1-3H3,(H,18,19). The molecule has 1 aliphatic carbocycles. The van der Waals surface area contributed by atoms with Gasteiger partial charge in [0.05, 0.1) is 11.6 Å². The van der Waals surface area contributed by atoms with Gasteiger partial charge in [-0.1, -0.05) is 13.3 Å². The molecule has 0 aromatic carbocycles. The largest absolute Gasteiger partial charge is 0.481 e. The first-order chi connectivity index (χ1) is 9.01. The molecule has 0 aliphatic heterocycles. The Kier molecular flexibility index (Phi) is 4.27. The average molecular weight is 264 g/mol.